The third-order valence-corrected chi connectivity index (χ3v) is 3.93. The van der Waals surface area contributed by atoms with Crippen molar-refractivity contribution in [1.29, 1.82) is 0 Å². The lowest BCUT2D eigenvalue weighted by Gasteiger charge is -2.12. The third kappa shape index (κ3) is 2.98. The molecular formula is C12H17NO3S. The number of hydrogen-bond acceptors (Lipinski definition) is 3. The van der Waals surface area contributed by atoms with Crippen LogP contribution in [0.1, 0.15) is 25.3 Å². The summed E-state index contributed by atoms with van der Waals surface area (Å²) in [5.74, 6) is 0.965. The van der Waals surface area contributed by atoms with Gasteiger partial charge in [0.25, 0.3) is 0 Å². The minimum atomic E-state index is -3.73. The van der Waals surface area contributed by atoms with E-state index in [9.17, 15) is 8.42 Å². The van der Waals surface area contributed by atoms with E-state index >= 15 is 0 Å². The Kier molecular flexibility index (Phi) is 3.40. The molecule has 0 heterocycles. The fourth-order valence-electron chi connectivity index (χ4n) is 1.77. The zero-order valence-corrected chi connectivity index (χ0v) is 10.7. The van der Waals surface area contributed by atoms with Crippen LogP contribution in [0, 0.1) is 5.92 Å². The van der Waals surface area contributed by atoms with Crippen molar-refractivity contribution < 1.29 is 13.2 Å². The average Bonchev–Trinajstić information content (AvgIpc) is 3.08. The molecule has 1 saturated carbocycles. The summed E-state index contributed by atoms with van der Waals surface area (Å²) in [4.78, 5) is 0.142. The molecule has 1 aromatic rings. The maximum atomic E-state index is 11.6. The van der Waals surface area contributed by atoms with Crippen molar-refractivity contribution in [3.8, 4) is 5.75 Å². The summed E-state index contributed by atoms with van der Waals surface area (Å²) in [6.07, 6.45) is 2.95. The number of aryl methyl sites for hydroxylation is 1. The molecule has 0 amide bonds. The Bertz CT molecular complexity index is 506. The predicted octanol–water partition coefficient (Wildman–Crippen LogP) is 1.69. The van der Waals surface area contributed by atoms with Gasteiger partial charge in [-0.3, -0.25) is 0 Å². The van der Waals surface area contributed by atoms with Gasteiger partial charge in [0.05, 0.1) is 6.61 Å². The first kappa shape index (κ1) is 12.4. The summed E-state index contributed by atoms with van der Waals surface area (Å²) in [6.45, 7) is 2.48. The van der Waals surface area contributed by atoms with Crippen molar-refractivity contribution in [2.24, 2.45) is 11.1 Å². The molecule has 1 aromatic carbocycles. The third-order valence-electron chi connectivity index (χ3n) is 2.90. The lowest BCUT2D eigenvalue weighted by Crippen LogP contribution is -2.16. The summed E-state index contributed by atoms with van der Waals surface area (Å²) >= 11 is 0. The van der Waals surface area contributed by atoms with E-state index in [1.807, 2.05) is 6.92 Å². The van der Waals surface area contributed by atoms with Crippen molar-refractivity contribution in [1.82, 2.24) is 0 Å². The van der Waals surface area contributed by atoms with E-state index in [1.54, 1.807) is 18.2 Å². The quantitative estimate of drug-likeness (QED) is 0.870. The van der Waals surface area contributed by atoms with Gasteiger partial charge in [-0.25, -0.2) is 13.6 Å². The Morgan fingerprint density at radius 3 is 2.65 bits per heavy atom. The van der Waals surface area contributed by atoms with Gasteiger partial charge in [-0.05, 0) is 36.8 Å². The predicted molar refractivity (Wildman–Crippen MR) is 65.4 cm³/mol. The monoisotopic (exact) mass is 255 g/mol. The SMILES string of the molecule is CCc1cccc(OCC2CC2)c1S(N)(=O)=O. The van der Waals surface area contributed by atoms with E-state index in [-0.39, 0.29) is 4.90 Å². The zero-order valence-electron chi connectivity index (χ0n) is 9.85. The van der Waals surface area contributed by atoms with Crippen LogP contribution in [0.25, 0.3) is 0 Å². The van der Waals surface area contributed by atoms with Crippen molar-refractivity contribution in [3.05, 3.63) is 23.8 Å². The summed E-state index contributed by atoms with van der Waals surface area (Å²) in [5.41, 5.74) is 0.709. The second kappa shape index (κ2) is 4.66. The van der Waals surface area contributed by atoms with E-state index in [0.717, 1.165) is 12.8 Å². The molecule has 17 heavy (non-hydrogen) atoms. The van der Waals surface area contributed by atoms with E-state index in [0.29, 0.717) is 30.3 Å². The van der Waals surface area contributed by atoms with E-state index in [1.165, 1.54) is 0 Å². The topological polar surface area (TPSA) is 69.4 Å². The van der Waals surface area contributed by atoms with E-state index in [2.05, 4.69) is 0 Å². The summed E-state index contributed by atoms with van der Waals surface area (Å²) in [5, 5.41) is 5.25. The van der Waals surface area contributed by atoms with Crippen LogP contribution < -0.4 is 9.88 Å². The van der Waals surface area contributed by atoms with Gasteiger partial charge in [0.1, 0.15) is 10.6 Å². The Morgan fingerprint density at radius 1 is 1.41 bits per heavy atom. The molecule has 2 N–H and O–H groups in total. The summed E-state index contributed by atoms with van der Waals surface area (Å²) in [6, 6.07) is 5.24. The van der Waals surface area contributed by atoms with Gasteiger partial charge in [0, 0.05) is 0 Å². The number of benzene rings is 1. The van der Waals surface area contributed by atoms with Gasteiger partial charge in [0.2, 0.25) is 10.0 Å². The molecule has 0 aliphatic heterocycles. The minimum absolute atomic E-state index is 0.142. The van der Waals surface area contributed by atoms with Gasteiger partial charge in [-0.1, -0.05) is 19.1 Å². The molecule has 0 aromatic heterocycles. The highest BCUT2D eigenvalue weighted by atomic mass is 32.2. The van der Waals surface area contributed by atoms with Gasteiger partial charge < -0.3 is 4.74 Å². The molecule has 0 radical (unpaired) electrons. The Balaban J connectivity index is 2.34. The fourth-order valence-corrected chi connectivity index (χ4v) is 2.75. The normalized spacial score (nSPS) is 15.9. The van der Waals surface area contributed by atoms with E-state index < -0.39 is 10.0 Å². The van der Waals surface area contributed by atoms with Crippen LogP contribution in [-0.2, 0) is 16.4 Å². The molecule has 0 atom stereocenters. The molecule has 0 bridgehead atoms. The molecule has 0 saturated heterocycles. The minimum Gasteiger partial charge on any atom is -0.492 e. The first-order valence-corrected chi connectivity index (χ1v) is 7.34. The lowest BCUT2D eigenvalue weighted by molar-refractivity contribution is 0.291. The Morgan fingerprint density at radius 2 is 2.12 bits per heavy atom. The number of sulfonamides is 1. The molecular weight excluding hydrogens is 238 g/mol. The van der Waals surface area contributed by atoms with Gasteiger partial charge in [-0.2, -0.15) is 0 Å². The zero-order chi connectivity index (χ0) is 12.5. The highest BCUT2D eigenvalue weighted by Crippen LogP contribution is 2.32. The standard InChI is InChI=1S/C12H17NO3S/c1-2-10-4-3-5-11(12(10)17(13,14)15)16-8-9-6-7-9/h3-5,9H,2,6-8H2,1H3,(H2,13,14,15). The fraction of sp³-hybridized carbons (Fsp3) is 0.500. The van der Waals surface area contributed by atoms with E-state index in [4.69, 9.17) is 9.88 Å². The smallest absolute Gasteiger partial charge is 0.242 e. The van der Waals surface area contributed by atoms with Crippen molar-refractivity contribution in [2.45, 2.75) is 31.1 Å². The average molecular weight is 255 g/mol. The summed E-state index contributed by atoms with van der Waals surface area (Å²) < 4.78 is 28.8. The number of primary sulfonamides is 1. The van der Waals surface area contributed by atoms with Crippen LogP contribution in [0.2, 0.25) is 0 Å². The molecule has 1 aliphatic carbocycles. The molecule has 0 spiro atoms. The Hall–Kier alpha value is -1.07. The van der Waals surface area contributed by atoms with Gasteiger partial charge >= 0.3 is 0 Å². The number of ether oxygens (including phenoxy) is 1. The van der Waals surface area contributed by atoms with Crippen LogP contribution in [0.5, 0.6) is 5.75 Å². The molecule has 4 nitrogen and oxygen atoms in total. The molecule has 1 fully saturated rings. The second-order valence-corrected chi connectivity index (χ2v) is 5.90. The van der Waals surface area contributed by atoms with Crippen molar-refractivity contribution >= 4 is 10.0 Å². The lowest BCUT2D eigenvalue weighted by atomic mass is 10.1. The molecule has 5 heteroatoms. The molecule has 2 rings (SSSR count). The van der Waals surface area contributed by atoms with Gasteiger partial charge in [0.15, 0.2) is 0 Å². The number of hydrogen-bond donors (Lipinski definition) is 1. The second-order valence-electron chi connectivity index (χ2n) is 4.40. The first-order valence-electron chi connectivity index (χ1n) is 5.80. The summed E-state index contributed by atoms with van der Waals surface area (Å²) in [7, 11) is -3.73. The van der Waals surface area contributed by atoms with Gasteiger partial charge in [-0.15, -0.1) is 0 Å². The molecule has 94 valence electrons. The van der Waals surface area contributed by atoms with Crippen LogP contribution in [0.15, 0.2) is 23.1 Å². The van der Waals surface area contributed by atoms with Crippen LogP contribution in [-0.4, -0.2) is 15.0 Å². The van der Waals surface area contributed by atoms with Crippen LogP contribution in [0.4, 0.5) is 0 Å². The molecule has 0 unspecified atom stereocenters. The number of nitrogens with two attached hydrogens (primary N) is 1. The Labute approximate surface area is 102 Å². The largest absolute Gasteiger partial charge is 0.492 e. The van der Waals surface area contributed by atoms with Crippen LogP contribution >= 0.6 is 0 Å². The maximum absolute atomic E-state index is 11.6. The highest BCUT2D eigenvalue weighted by Gasteiger charge is 2.24. The van der Waals surface area contributed by atoms with Crippen LogP contribution in [0.3, 0.4) is 0 Å². The van der Waals surface area contributed by atoms with Crippen molar-refractivity contribution in [3.63, 3.8) is 0 Å². The highest BCUT2D eigenvalue weighted by molar-refractivity contribution is 7.89. The van der Waals surface area contributed by atoms with Crippen molar-refractivity contribution in [2.75, 3.05) is 6.61 Å². The number of rotatable bonds is 5. The first-order chi connectivity index (χ1) is 8.02. The maximum Gasteiger partial charge on any atom is 0.242 e. The molecule has 1 aliphatic rings.